The molecule has 0 atom stereocenters. The maximum absolute atomic E-state index is 2.26. The van der Waals surface area contributed by atoms with Crippen LogP contribution < -0.4 is 0 Å². The molecule has 0 saturated heterocycles. The van der Waals surface area contributed by atoms with Crippen LogP contribution in [-0.4, -0.2) is 0 Å². The molecule has 0 heteroatoms. The molecule has 0 radical (unpaired) electrons. The van der Waals surface area contributed by atoms with E-state index in [1.165, 1.54) is 33.4 Å². The van der Waals surface area contributed by atoms with Crippen LogP contribution in [0.4, 0.5) is 0 Å². The van der Waals surface area contributed by atoms with Crippen molar-refractivity contribution in [1.82, 2.24) is 0 Å². The van der Waals surface area contributed by atoms with Crippen molar-refractivity contribution >= 4 is 0 Å². The van der Waals surface area contributed by atoms with Crippen molar-refractivity contribution in [3.05, 3.63) is 106 Å². The topological polar surface area (TPSA) is 0 Å². The third-order valence-electron chi connectivity index (χ3n) is 5.03. The fraction of sp³-hybridized carbons (Fsp3) is 0.357. The Labute approximate surface area is 173 Å². The van der Waals surface area contributed by atoms with Crippen LogP contribution in [-0.2, 0) is 0 Å². The second kappa shape index (κ2) is 12.2. The van der Waals surface area contributed by atoms with Crippen LogP contribution in [0.5, 0.6) is 0 Å². The van der Waals surface area contributed by atoms with Gasteiger partial charge in [-0.15, -0.1) is 0 Å². The molecule has 0 unspecified atom stereocenters. The van der Waals surface area contributed by atoms with Crippen LogP contribution in [0.2, 0.25) is 0 Å². The molecule has 0 aliphatic heterocycles. The Kier molecular flexibility index (Phi) is 10.3. The molecule has 0 aliphatic rings. The van der Waals surface area contributed by atoms with Crippen molar-refractivity contribution in [2.24, 2.45) is 0 Å². The first-order valence-corrected chi connectivity index (χ1v) is 10.4. The van der Waals surface area contributed by atoms with E-state index in [1.807, 2.05) is 18.2 Å². The molecule has 0 bridgehead atoms. The summed E-state index contributed by atoms with van der Waals surface area (Å²) in [6.07, 6.45) is 0. The van der Waals surface area contributed by atoms with E-state index < -0.39 is 0 Å². The second-order valence-electron chi connectivity index (χ2n) is 8.11. The Bertz CT molecular complexity index is 763. The molecule has 28 heavy (non-hydrogen) atoms. The van der Waals surface area contributed by atoms with Gasteiger partial charge >= 0.3 is 0 Å². The molecule has 0 amide bonds. The van der Waals surface area contributed by atoms with Crippen molar-refractivity contribution in [1.29, 1.82) is 0 Å². The standard InChI is InChI=1S/C13H20.C8H10.C7H8/c1-9(2)12-7-6-8-13(10(3)4)11(12)5;1-7-5-3-4-6-8(7)2;1-7-5-3-2-4-6-7/h6-10H,1-5H3;3-6H,1-2H3;2-6H,1H3. The molecule has 0 aliphatic carbocycles. The van der Waals surface area contributed by atoms with Gasteiger partial charge in [-0.25, -0.2) is 0 Å². The number of aryl methyl sites for hydroxylation is 3. The highest BCUT2D eigenvalue weighted by atomic mass is 14.1. The smallest absolute Gasteiger partial charge is 0.0216 e. The van der Waals surface area contributed by atoms with Gasteiger partial charge in [-0.05, 0) is 67.3 Å². The van der Waals surface area contributed by atoms with Gasteiger partial charge in [-0.2, -0.15) is 0 Å². The first-order chi connectivity index (χ1) is 13.2. The van der Waals surface area contributed by atoms with E-state index in [0.717, 1.165) is 0 Å². The normalized spacial score (nSPS) is 10.1. The summed E-state index contributed by atoms with van der Waals surface area (Å²) in [5.74, 6) is 1.28. The van der Waals surface area contributed by atoms with Crippen molar-refractivity contribution in [3.63, 3.8) is 0 Å². The molecule has 0 aromatic heterocycles. The molecular weight excluding hydrogens is 336 g/mol. The van der Waals surface area contributed by atoms with E-state index >= 15 is 0 Å². The molecule has 0 heterocycles. The van der Waals surface area contributed by atoms with Gasteiger partial charge in [0.2, 0.25) is 0 Å². The van der Waals surface area contributed by atoms with E-state index in [2.05, 4.69) is 110 Å². The summed E-state index contributed by atoms with van der Waals surface area (Å²) in [6.45, 7) is 17.6. The van der Waals surface area contributed by atoms with Crippen LogP contribution in [0.25, 0.3) is 0 Å². The molecule has 0 nitrogen and oxygen atoms in total. The summed E-state index contributed by atoms with van der Waals surface area (Å²) >= 11 is 0. The van der Waals surface area contributed by atoms with Crippen LogP contribution >= 0.6 is 0 Å². The first kappa shape index (κ1) is 23.7. The van der Waals surface area contributed by atoms with Crippen LogP contribution in [0.1, 0.15) is 72.9 Å². The Morgan fingerprint density at radius 2 is 0.857 bits per heavy atom. The van der Waals surface area contributed by atoms with Gasteiger partial charge in [0.05, 0.1) is 0 Å². The van der Waals surface area contributed by atoms with Gasteiger partial charge in [-0.3, -0.25) is 0 Å². The van der Waals surface area contributed by atoms with Crippen molar-refractivity contribution < 1.29 is 0 Å². The fourth-order valence-electron chi connectivity index (χ4n) is 3.12. The molecule has 0 spiro atoms. The summed E-state index contributed by atoms with van der Waals surface area (Å²) in [5.41, 5.74) is 8.52. The number of benzene rings is 3. The third kappa shape index (κ3) is 8.13. The van der Waals surface area contributed by atoms with Crippen LogP contribution in [0, 0.1) is 27.7 Å². The lowest BCUT2D eigenvalue weighted by Gasteiger charge is -2.16. The fourth-order valence-corrected chi connectivity index (χ4v) is 3.12. The van der Waals surface area contributed by atoms with Crippen molar-refractivity contribution in [3.8, 4) is 0 Å². The average molecular weight is 375 g/mol. The van der Waals surface area contributed by atoms with Gasteiger partial charge in [0, 0.05) is 0 Å². The van der Waals surface area contributed by atoms with E-state index in [0.29, 0.717) is 11.8 Å². The SMILES string of the molecule is Cc1c(C(C)C)cccc1C(C)C.Cc1ccccc1.Cc1ccccc1C. The second-order valence-corrected chi connectivity index (χ2v) is 8.11. The lowest BCUT2D eigenvalue weighted by Crippen LogP contribution is -1.98. The predicted octanol–water partition coefficient (Wildman–Crippen LogP) is 8.54. The molecule has 0 fully saturated rings. The Morgan fingerprint density at radius 3 is 1.14 bits per heavy atom. The zero-order valence-corrected chi connectivity index (χ0v) is 19.1. The summed E-state index contributed by atoms with van der Waals surface area (Å²) in [5, 5.41) is 0. The quantitative estimate of drug-likeness (QED) is 0.421. The largest absolute Gasteiger partial charge is 0.0622 e. The monoisotopic (exact) mass is 374 g/mol. The van der Waals surface area contributed by atoms with Gasteiger partial charge in [0.1, 0.15) is 0 Å². The highest BCUT2D eigenvalue weighted by Gasteiger charge is 2.08. The van der Waals surface area contributed by atoms with E-state index in [9.17, 15) is 0 Å². The first-order valence-electron chi connectivity index (χ1n) is 10.4. The summed E-state index contributed by atoms with van der Waals surface area (Å²) in [6, 6.07) is 25.3. The Balaban J connectivity index is 0.000000224. The molecule has 0 saturated carbocycles. The molecule has 3 aromatic rings. The van der Waals surface area contributed by atoms with Crippen molar-refractivity contribution in [2.75, 3.05) is 0 Å². The molecule has 0 N–H and O–H groups in total. The summed E-state index contributed by atoms with van der Waals surface area (Å²) in [7, 11) is 0. The van der Waals surface area contributed by atoms with Gasteiger partial charge < -0.3 is 0 Å². The minimum absolute atomic E-state index is 0.638. The maximum atomic E-state index is 2.26. The molecule has 150 valence electrons. The Morgan fingerprint density at radius 1 is 0.464 bits per heavy atom. The zero-order valence-electron chi connectivity index (χ0n) is 19.1. The van der Waals surface area contributed by atoms with Gasteiger partial charge in [0.25, 0.3) is 0 Å². The third-order valence-corrected chi connectivity index (χ3v) is 5.03. The minimum Gasteiger partial charge on any atom is -0.0622 e. The van der Waals surface area contributed by atoms with Crippen molar-refractivity contribution in [2.45, 2.75) is 67.2 Å². The molecule has 3 rings (SSSR count). The molecule has 3 aromatic carbocycles. The number of hydrogen-bond donors (Lipinski definition) is 0. The summed E-state index contributed by atoms with van der Waals surface area (Å²) < 4.78 is 0. The van der Waals surface area contributed by atoms with E-state index in [4.69, 9.17) is 0 Å². The Hall–Kier alpha value is -2.34. The maximum Gasteiger partial charge on any atom is -0.0216 e. The van der Waals surface area contributed by atoms with Crippen LogP contribution in [0.15, 0.2) is 72.8 Å². The van der Waals surface area contributed by atoms with E-state index in [1.54, 1.807) is 0 Å². The lowest BCUT2D eigenvalue weighted by molar-refractivity contribution is 0.817. The predicted molar refractivity (Wildman–Crippen MR) is 126 cm³/mol. The van der Waals surface area contributed by atoms with E-state index in [-0.39, 0.29) is 0 Å². The lowest BCUT2D eigenvalue weighted by atomic mass is 9.90. The molecular formula is C28H38. The van der Waals surface area contributed by atoms with Crippen LogP contribution in [0.3, 0.4) is 0 Å². The zero-order chi connectivity index (χ0) is 21.1. The number of rotatable bonds is 2. The number of hydrogen-bond acceptors (Lipinski definition) is 0. The minimum atomic E-state index is 0.638. The van der Waals surface area contributed by atoms with Gasteiger partial charge in [-0.1, -0.05) is 106 Å². The summed E-state index contributed by atoms with van der Waals surface area (Å²) in [4.78, 5) is 0. The highest BCUT2D eigenvalue weighted by Crippen LogP contribution is 2.26. The highest BCUT2D eigenvalue weighted by molar-refractivity contribution is 5.37. The van der Waals surface area contributed by atoms with Gasteiger partial charge in [0.15, 0.2) is 0 Å². The average Bonchev–Trinajstić information content (AvgIpc) is 2.65.